The third-order valence-corrected chi connectivity index (χ3v) is 8.03. The summed E-state index contributed by atoms with van der Waals surface area (Å²) < 4.78 is 0. The largest absolute Gasteiger partial charge is 0.0614 e. The van der Waals surface area contributed by atoms with Crippen LogP contribution in [-0.4, -0.2) is 0 Å². The predicted molar refractivity (Wildman–Crippen MR) is 122 cm³/mol. The highest BCUT2D eigenvalue weighted by molar-refractivity contribution is 5.73. The summed E-state index contributed by atoms with van der Waals surface area (Å²) in [6, 6.07) is 14.0. The Morgan fingerprint density at radius 3 is 2.54 bits per heavy atom. The van der Waals surface area contributed by atoms with E-state index in [0.29, 0.717) is 5.41 Å². The number of unbranched alkanes of at least 4 members (excludes halogenated alkanes) is 1. The SMILES string of the molecule is Cc1c(CCCCC2CCCC2(C)C)cccc1-c1cccc2c1CCC2C. The fourth-order valence-corrected chi connectivity index (χ4v) is 6.00. The molecule has 0 bridgehead atoms. The minimum Gasteiger partial charge on any atom is -0.0614 e. The molecule has 0 saturated heterocycles. The van der Waals surface area contributed by atoms with Crippen LogP contribution in [0.5, 0.6) is 0 Å². The average molecular weight is 375 g/mol. The lowest BCUT2D eigenvalue weighted by Crippen LogP contribution is -2.17. The second-order valence-electron chi connectivity index (χ2n) is 10.2. The zero-order valence-electron chi connectivity index (χ0n) is 18.5. The molecule has 0 heterocycles. The summed E-state index contributed by atoms with van der Waals surface area (Å²) in [5.74, 6) is 1.67. The van der Waals surface area contributed by atoms with Gasteiger partial charge in [-0.25, -0.2) is 0 Å². The minimum atomic E-state index is 0.584. The van der Waals surface area contributed by atoms with Gasteiger partial charge in [0, 0.05) is 0 Å². The van der Waals surface area contributed by atoms with Crippen LogP contribution < -0.4 is 0 Å². The smallest absolute Gasteiger partial charge is 0.0146 e. The highest BCUT2D eigenvalue weighted by Gasteiger charge is 2.33. The van der Waals surface area contributed by atoms with Crippen molar-refractivity contribution >= 4 is 0 Å². The van der Waals surface area contributed by atoms with Gasteiger partial charge in [0.25, 0.3) is 0 Å². The van der Waals surface area contributed by atoms with Gasteiger partial charge in [0.15, 0.2) is 0 Å². The normalized spacial score (nSPS) is 23.1. The van der Waals surface area contributed by atoms with Crippen LogP contribution in [0.25, 0.3) is 11.1 Å². The van der Waals surface area contributed by atoms with E-state index in [-0.39, 0.29) is 0 Å². The summed E-state index contributed by atoms with van der Waals surface area (Å²) in [6.45, 7) is 9.70. The molecule has 150 valence electrons. The van der Waals surface area contributed by atoms with E-state index in [9.17, 15) is 0 Å². The Morgan fingerprint density at radius 1 is 0.964 bits per heavy atom. The van der Waals surface area contributed by atoms with E-state index in [1.807, 2.05) is 0 Å². The van der Waals surface area contributed by atoms with Gasteiger partial charge >= 0.3 is 0 Å². The van der Waals surface area contributed by atoms with E-state index in [2.05, 4.69) is 64.1 Å². The van der Waals surface area contributed by atoms with Crippen molar-refractivity contribution in [2.24, 2.45) is 11.3 Å². The number of hydrogen-bond donors (Lipinski definition) is 0. The molecule has 2 aliphatic rings. The molecule has 2 aliphatic carbocycles. The molecule has 2 unspecified atom stereocenters. The molecule has 2 aromatic rings. The molecule has 0 aromatic heterocycles. The second kappa shape index (κ2) is 8.05. The fourth-order valence-electron chi connectivity index (χ4n) is 6.00. The van der Waals surface area contributed by atoms with Crippen LogP contribution in [0.4, 0.5) is 0 Å². The highest BCUT2D eigenvalue weighted by atomic mass is 14.4. The number of aryl methyl sites for hydroxylation is 1. The first-order valence-electron chi connectivity index (χ1n) is 11.7. The monoisotopic (exact) mass is 374 g/mol. The van der Waals surface area contributed by atoms with Gasteiger partial charge in [0.05, 0.1) is 0 Å². The van der Waals surface area contributed by atoms with Gasteiger partial charge in [0.1, 0.15) is 0 Å². The van der Waals surface area contributed by atoms with Gasteiger partial charge in [0.2, 0.25) is 0 Å². The number of fused-ring (bicyclic) bond motifs is 1. The van der Waals surface area contributed by atoms with Crippen LogP contribution in [0, 0.1) is 18.3 Å². The van der Waals surface area contributed by atoms with Crippen molar-refractivity contribution in [3.05, 3.63) is 58.7 Å². The maximum atomic E-state index is 2.48. The van der Waals surface area contributed by atoms with Gasteiger partial charge < -0.3 is 0 Å². The first-order valence-corrected chi connectivity index (χ1v) is 11.7. The number of hydrogen-bond acceptors (Lipinski definition) is 0. The molecule has 4 rings (SSSR count). The lowest BCUT2D eigenvalue weighted by atomic mass is 9.79. The third-order valence-electron chi connectivity index (χ3n) is 8.03. The van der Waals surface area contributed by atoms with Crippen LogP contribution in [-0.2, 0) is 12.8 Å². The average Bonchev–Trinajstić information content (AvgIpc) is 3.22. The Bertz CT molecular complexity index is 826. The van der Waals surface area contributed by atoms with Crippen LogP contribution >= 0.6 is 0 Å². The lowest BCUT2D eigenvalue weighted by Gasteiger charge is -2.27. The quantitative estimate of drug-likeness (QED) is 0.446. The molecule has 28 heavy (non-hydrogen) atoms. The first kappa shape index (κ1) is 19.7. The third kappa shape index (κ3) is 3.80. The van der Waals surface area contributed by atoms with E-state index >= 15 is 0 Å². The summed E-state index contributed by atoms with van der Waals surface area (Å²) in [4.78, 5) is 0. The van der Waals surface area contributed by atoms with Gasteiger partial charge in [-0.1, -0.05) is 70.0 Å². The lowest BCUT2D eigenvalue weighted by molar-refractivity contribution is 0.240. The fraction of sp³-hybridized carbons (Fsp3) is 0.571. The number of rotatable bonds is 6. The van der Waals surface area contributed by atoms with Crippen molar-refractivity contribution < 1.29 is 0 Å². The van der Waals surface area contributed by atoms with E-state index < -0.39 is 0 Å². The topological polar surface area (TPSA) is 0 Å². The zero-order valence-corrected chi connectivity index (χ0v) is 18.5. The van der Waals surface area contributed by atoms with Crippen molar-refractivity contribution in [3.8, 4) is 11.1 Å². The highest BCUT2D eigenvalue weighted by Crippen LogP contribution is 2.45. The molecule has 0 heteroatoms. The molecule has 2 aromatic carbocycles. The first-order chi connectivity index (χ1) is 13.5. The Balaban J connectivity index is 1.45. The molecule has 0 amide bonds. The van der Waals surface area contributed by atoms with Crippen molar-refractivity contribution in [2.45, 2.75) is 91.4 Å². The molecule has 0 nitrogen and oxygen atoms in total. The molecule has 0 aliphatic heterocycles. The van der Waals surface area contributed by atoms with Crippen LogP contribution in [0.2, 0.25) is 0 Å². The summed E-state index contributed by atoms with van der Waals surface area (Å²) in [5.41, 5.74) is 9.82. The van der Waals surface area contributed by atoms with Crippen molar-refractivity contribution in [1.29, 1.82) is 0 Å². The molecular weight excluding hydrogens is 336 g/mol. The molecule has 1 fully saturated rings. The molecule has 2 atom stereocenters. The summed E-state index contributed by atoms with van der Waals surface area (Å²) in [6.07, 6.45) is 12.3. The molecule has 0 spiro atoms. The maximum absolute atomic E-state index is 2.48. The van der Waals surface area contributed by atoms with E-state index in [4.69, 9.17) is 0 Å². The Labute approximate surface area is 172 Å². The van der Waals surface area contributed by atoms with Gasteiger partial charge in [-0.05, 0) is 103 Å². The summed E-state index contributed by atoms with van der Waals surface area (Å²) in [5, 5.41) is 0. The Morgan fingerprint density at radius 2 is 1.75 bits per heavy atom. The maximum Gasteiger partial charge on any atom is -0.0146 e. The standard InChI is InChI=1S/C28H38/c1-20-17-18-27-24(20)14-8-16-26(27)25-15-7-11-22(21(25)2)10-5-6-12-23-13-9-19-28(23,3)4/h7-8,11,14-16,20,23H,5-6,9-10,12-13,17-19H2,1-4H3. The molecule has 1 saturated carbocycles. The van der Waals surface area contributed by atoms with Crippen LogP contribution in [0.1, 0.15) is 93.9 Å². The van der Waals surface area contributed by atoms with Crippen LogP contribution in [0.3, 0.4) is 0 Å². The van der Waals surface area contributed by atoms with Crippen LogP contribution in [0.15, 0.2) is 36.4 Å². The zero-order chi connectivity index (χ0) is 19.7. The summed E-state index contributed by atoms with van der Waals surface area (Å²) in [7, 11) is 0. The molecular formula is C28H38. The van der Waals surface area contributed by atoms with Crippen molar-refractivity contribution in [3.63, 3.8) is 0 Å². The van der Waals surface area contributed by atoms with Gasteiger partial charge in [-0.2, -0.15) is 0 Å². The van der Waals surface area contributed by atoms with E-state index in [1.54, 1.807) is 16.7 Å². The Kier molecular flexibility index (Phi) is 5.68. The van der Waals surface area contributed by atoms with Gasteiger partial charge in [-0.15, -0.1) is 0 Å². The van der Waals surface area contributed by atoms with E-state index in [0.717, 1.165) is 11.8 Å². The predicted octanol–water partition coefficient (Wildman–Crippen LogP) is 8.25. The van der Waals surface area contributed by atoms with Crippen molar-refractivity contribution in [2.75, 3.05) is 0 Å². The molecule has 0 N–H and O–H groups in total. The van der Waals surface area contributed by atoms with E-state index in [1.165, 1.54) is 74.5 Å². The number of benzene rings is 2. The molecule has 0 radical (unpaired) electrons. The van der Waals surface area contributed by atoms with Crippen molar-refractivity contribution in [1.82, 2.24) is 0 Å². The summed E-state index contributed by atoms with van der Waals surface area (Å²) >= 11 is 0. The minimum absolute atomic E-state index is 0.584. The second-order valence-corrected chi connectivity index (χ2v) is 10.2. The Hall–Kier alpha value is -1.56. The van der Waals surface area contributed by atoms with Gasteiger partial charge in [-0.3, -0.25) is 0 Å².